The van der Waals surface area contributed by atoms with Crippen LogP contribution in [0.1, 0.15) is 22.3 Å². The van der Waals surface area contributed by atoms with Crippen LogP contribution in [0.25, 0.3) is 0 Å². The summed E-state index contributed by atoms with van der Waals surface area (Å²) >= 11 is 0. The summed E-state index contributed by atoms with van der Waals surface area (Å²) in [7, 11) is 0. The lowest BCUT2D eigenvalue weighted by atomic mass is 10.0. The first-order valence-electron chi connectivity index (χ1n) is 4.18. The fraction of sp³-hybridized carbons (Fsp3) is 0.400. The van der Waals surface area contributed by atoms with Crippen LogP contribution in [-0.2, 0) is 13.1 Å². The molecule has 1 aromatic rings. The first-order chi connectivity index (χ1) is 5.69. The third-order valence-corrected chi connectivity index (χ3v) is 2.23. The molecule has 0 spiro atoms. The number of rotatable bonds is 2. The van der Waals surface area contributed by atoms with Gasteiger partial charge < -0.3 is 16.9 Å². The van der Waals surface area contributed by atoms with E-state index in [-0.39, 0.29) is 17.9 Å². The highest BCUT2D eigenvalue weighted by molar-refractivity contribution is 5.85. The van der Waals surface area contributed by atoms with Crippen LogP contribution in [0.3, 0.4) is 0 Å². The number of hydrogen-bond donors (Lipinski definition) is 2. The van der Waals surface area contributed by atoms with Gasteiger partial charge in [0.25, 0.3) is 0 Å². The standard InChI is InChI=1S/C10H16N2.ClH.H2O/c1-7-3-8(2)10(6-12)4-9(7)5-11;;/h3-4H,5-6,11-12H2,1-2H3;1H;1H2. The van der Waals surface area contributed by atoms with Crippen LogP contribution in [0.15, 0.2) is 12.1 Å². The maximum atomic E-state index is 5.58. The number of hydrogen-bond acceptors (Lipinski definition) is 2. The minimum atomic E-state index is 0. The summed E-state index contributed by atoms with van der Waals surface area (Å²) in [4.78, 5) is 0. The van der Waals surface area contributed by atoms with Gasteiger partial charge in [-0.3, -0.25) is 0 Å². The lowest BCUT2D eigenvalue weighted by molar-refractivity contribution is 0.824. The minimum Gasteiger partial charge on any atom is -0.412 e. The molecule has 1 aromatic carbocycles. The molecule has 0 aliphatic heterocycles. The predicted octanol–water partition coefficient (Wildman–Crippen LogP) is 0.818. The van der Waals surface area contributed by atoms with Gasteiger partial charge in [0.2, 0.25) is 0 Å². The van der Waals surface area contributed by atoms with Gasteiger partial charge in [-0.1, -0.05) is 12.1 Å². The molecule has 0 aliphatic rings. The van der Waals surface area contributed by atoms with Crippen molar-refractivity contribution in [3.05, 3.63) is 34.4 Å². The van der Waals surface area contributed by atoms with Crippen LogP contribution in [-0.4, -0.2) is 5.48 Å². The molecular formula is C10H19ClN2O. The van der Waals surface area contributed by atoms with Gasteiger partial charge in [0.05, 0.1) is 0 Å². The van der Waals surface area contributed by atoms with Crippen LogP contribution in [0.2, 0.25) is 0 Å². The summed E-state index contributed by atoms with van der Waals surface area (Å²) in [5.41, 5.74) is 16.1. The molecule has 0 amide bonds. The Labute approximate surface area is 91.2 Å². The van der Waals surface area contributed by atoms with Crippen molar-refractivity contribution >= 4 is 12.4 Å². The van der Waals surface area contributed by atoms with E-state index < -0.39 is 0 Å². The summed E-state index contributed by atoms with van der Waals surface area (Å²) < 4.78 is 0. The summed E-state index contributed by atoms with van der Waals surface area (Å²) in [6, 6.07) is 4.25. The van der Waals surface area contributed by atoms with Gasteiger partial charge in [-0.15, -0.1) is 12.4 Å². The Balaban J connectivity index is 0. The predicted molar refractivity (Wildman–Crippen MR) is 62.6 cm³/mol. The molecule has 0 unspecified atom stereocenters. The molecule has 0 bridgehead atoms. The average molecular weight is 219 g/mol. The van der Waals surface area contributed by atoms with Crippen molar-refractivity contribution in [3.8, 4) is 0 Å². The van der Waals surface area contributed by atoms with Gasteiger partial charge in [0.1, 0.15) is 0 Å². The van der Waals surface area contributed by atoms with Gasteiger partial charge in [-0.2, -0.15) is 0 Å². The molecule has 1 rings (SSSR count). The van der Waals surface area contributed by atoms with E-state index in [1.54, 1.807) is 0 Å². The van der Waals surface area contributed by atoms with Gasteiger partial charge in [0, 0.05) is 13.1 Å². The Bertz CT molecular complexity index is 264. The van der Waals surface area contributed by atoms with Crippen molar-refractivity contribution in [3.63, 3.8) is 0 Å². The third kappa shape index (κ3) is 3.27. The maximum absolute atomic E-state index is 5.58. The summed E-state index contributed by atoms with van der Waals surface area (Å²) in [6.45, 7) is 5.35. The molecule has 0 aromatic heterocycles. The normalized spacial score (nSPS) is 8.86. The Kier molecular flexibility index (Phi) is 7.68. The fourth-order valence-corrected chi connectivity index (χ4v) is 1.39. The van der Waals surface area contributed by atoms with Crippen LogP contribution in [0, 0.1) is 13.8 Å². The highest BCUT2D eigenvalue weighted by Crippen LogP contribution is 2.14. The van der Waals surface area contributed by atoms with E-state index in [0.29, 0.717) is 13.1 Å². The number of halogens is 1. The SMILES string of the molecule is Cc1cc(C)c(CN)cc1CN.Cl.O. The fourth-order valence-electron chi connectivity index (χ4n) is 1.39. The van der Waals surface area contributed by atoms with Crippen LogP contribution in [0.4, 0.5) is 0 Å². The smallest absolute Gasteiger partial charge is 0.0180 e. The zero-order chi connectivity index (χ0) is 9.14. The van der Waals surface area contributed by atoms with E-state index in [2.05, 4.69) is 26.0 Å². The molecule has 0 heterocycles. The van der Waals surface area contributed by atoms with Crippen LogP contribution >= 0.6 is 12.4 Å². The third-order valence-electron chi connectivity index (χ3n) is 2.23. The van der Waals surface area contributed by atoms with Crippen molar-refractivity contribution in [1.82, 2.24) is 0 Å². The van der Waals surface area contributed by atoms with E-state index in [0.717, 1.165) is 0 Å². The van der Waals surface area contributed by atoms with Gasteiger partial charge >= 0.3 is 0 Å². The number of aryl methyl sites for hydroxylation is 2. The Morgan fingerprint density at radius 3 is 1.57 bits per heavy atom. The van der Waals surface area contributed by atoms with Gasteiger partial charge in [-0.05, 0) is 36.1 Å². The van der Waals surface area contributed by atoms with E-state index in [4.69, 9.17) is 11.5 Å². The summed E-state index contributed by atoms with van der Waals surface area (Å²) in [6.07, 6.45) is 0. The zero-order valence-corrected chi connectivity index (χ0v) is 9.45. The van der Waals surface area contributed by atoms with E-state index >= 15 is 0 Å². The molecule has 0 aliphatic carbocycles. The lowest BCUT2D eigenvalue weighted by Gasteiger charge is -2.08. The van der Waals surface area contributed by atoms with Crippen molar-refractivity contribution in [1.29, 1.82) is 0 Å². The second-order valence-corrected chi connectivity index (χ2v) is 3.11. The number of benzene rings is 1. The van der Waals surface area contributed by atoms with E-state index in [9.17, 15) is 0 Å². The minimum absolute atomic E-state index is 0. The lowest BCUT2D eigenvalue weighted by Crippen LogP contribution is -2.05. The molecule has 4 heteroatoms. The highest BCUT2D eigenvalue weighted by Gasteiger charge is 2.01. The van der Waals surface area contributed by atoms with Crippen molar-refractivity contribution in [2.24, 2.45) is 11.5 Å². The molecule has 0 radical (unpaired) electrons. The molecule has 0 saturated carbocycles. The summed E-state index contributed by atoms with van der Waals surface area (Å²) in [5.74, 6) is 0. The molecule has 6 N–H and O–H groups in total. The topological polar surface area (TPSA) is 83.5 Å². The highest BCUT2D eigenvalue weighted by atomic mass is 35.5. The molecular weight excluding hydrogens is 200 g/mol. The van der Waals surface area contributed by atoms with Crippen molar-refractivity contribution < 1.29 is 5.48 Å². The van der Waals surface area contributed by atoms with E-state index in [1.165, 1.54) is 22.3 Å². The molecule has 3 nitrogen and oxygen atoms in total. The van der Waals surface area contributed by atoms with Gasteiger partial charge in [-0.25, -0.2) is 0 Å². The summed E-state index contributed by atoms with van der Waals surface area (Å²) in [5, 5.41) is 0. The first-order valence-corrected chi connectivity index (χ1v) is 4.18. The molecule has 14 heavy (non-hydrogen) atoms. The Morgan fingerprint density at radius 1 is 0.929 bits per heavy atom. The maximum Gasteiger partial charge on any atom is 0.0180 e. The molecule has 0 saturated heterocycles. The molecule has 0 atom stereocenters. The molecule has 0 fully saturated rings. The van der Waals surface area contributed by atoms with Crippen LogP contribution in [0.5, 0.6) is 0 Å². The second-order valence-electron chi connectivity index (χ2n) is 3.11. The quantitative estimate of drug-likeness (QED) is 0.770. The monoisotopic (exact) mass is 218 g/mol. The average Bonchev–Trinajstić information content (AvgIpc) is 2.05. The van der Waals surface area contributed by atoms with Crippen molar-refractivity contribution in [2.45, 2.75) is 26.9 Å². The zero-order valence-electron chi connectivity index (χ0n) is 8.63. The Morgan fingerprint density at radius 2 is 1.29 bits per heavy atom. The molecule has 82 valence electrons. The number of nitrogens with two attached hydrogens (primary N) is 2. The Hall–Kier alpha value is -0.610. The van der Waals surface area contributed by atoms with Crippen LogP contribution < -0.4 is 11.5 Å². The first kappa shape index (κ1) is 15.8. The van der Waals surface area contributed by atoms with Crippen molar-refractivity contribution in [2.75, 3.05) is 0 Å². The van der Waals surface area contributed by atoms with Gasteiger partial charge in [0.15, 0.2) is 0 Å². The second kappa shape index (κ2) is 6.79. The van der Waals surface area contributed by atoms with E-state index in [1.807, 2.05) is 0 Å². The largest absolute Gasteiger partial charge is 0.412 e.